The van der Waals surface area contributed by atoms with Gasteiger partial charge >= 0.3 is 0 Å². The molecule has 0 saturated carbocycles. The summed E-state index contributed by atoms with van der Waals surface area (Å²) in [5.41, 5.74) is 5.95. The van der Waals surface area contributed by atoms with Crippen molar-refractivity contribution in [3.05, 3.63) is 33.3 Å². The molecule has 0 aliphatic heterocycles. The molecule has 0 amide bonds. The standard InChI is InChI=1S/C17H26ClN/c1-6-19-15-10-17(4,5)8-7-13-14(18)9-11(2)12(3)16(13)15/h9,15,19H,6-8,10H2,1-5H3. The number of hydrogen-bond acceptors (Lipinski definition) is 1. The van der Waals surface area contributed by atoms with Crippen molar-refractivity contribution in [3.8, 4) is 0 Å². The molecule has 106 valence electrons. The van der Waals surface area contributed by atoms with E-state index in [1.165, 1.54) is 35.1 Å². The average Bonchev–Trinajstić information content (AvgIpc) is 2.43. The Morgan fingerprint density at radius 2 is 2.05 bits per heavy atom. The number of aryl methyl sites for hydroxylation is 1. The molecule has 1 unspecified atom stereocenters. The Bertz CT molecular complexity index is 477. The number of rotatable bonds is 2. The highest BCUT2D eigenvalue weighted by Gasteiger charge is 2.31. The van der Waals surface area contributed by atoms with Crippen molar-refractivity contribution in [2.45, 2.75) is 59.9 Å². The van der Waals surface area contributed by atoms with E-state index < -0.39 is 0 Å². The lowest BCUT2D eigenvalue weighted by Crippen LogP contribution is -2.26. The van der Waals surface area contributed by atoms with Gasteiger partial charge in [0.1, 0.15) is 0 Å². The number of benzene rings is 1. The van der Waals surface area contributed by atoms with Gasteiger partial charge in [-0.05, 0) is 73.4 Å². The van der Waals surface area contributed by atoms with Crippen LogP contribution < -0.4 is 5.32 Å². The topological polar surface area (TPSA) is 12.0 Å². The van der Waals surface area contributed by atoms with Crippen LogP contribution >= 0.6 is 11.6 Å². The molecule has 0 saturated heterocycles. The largest absolute Gasteiger partial charge is 0.310 e. The molecule has 1 aromatic carbocycles. The number of halogens is 1. The first-order valence-corrected chi connectivity index (χ1v) is 7.75. The van der Waals surface area contributed by atoms with Crippen molar-refractivity contribution in [1.29, 1.82) is 0 Å². The molecule has 0 heterocycles. The summed E-state index contributed by atoms with van der Waals surface area (Å²) in [6.45, 7) is 12.3. The number of fused-ring (bicyclic) bond motifs is 1. The quantitative estimate of drug-likeness (QED) is 0.754. The second kappa shape index (κ2) is 5.46. The molecule has 0 fully saturated rings. The molecular weight excluding hydrogens is 254 g/mol. The zero-order valence-electron chi connectivity index (χ0n) is 12.9. The minimum atomic E-state index is 0.371. The van der Waals surface area contributed by atoms with Crippen molar-refractivity contribution in [2.75, 3.05) is 6.54 Å². The van der Waals surface area contributed by atoms with Gasteiger partial charge in [-0.15, -0.1) is 0 Å². The highest BCUT2D eigenvalue weighted by atomic mass is 35.5. The lowest BCUT2D eigenvalue weighted by Gasteiger charge is -2.28. The third kappa shape index (κ3) is 2.98. The molecule has 2 heteroatoms. The summed E-state index contributed by atoms with van der Waals surface area (Å²) in [4.78, 5) is 0. The summed E-state index contributed by atoms with van der Waals surface area (Å²) in [6.07, 6.45) is 3.50. The third-order valence-electron chi connectivity index (χ3n) is 4.56. The first-order valence-electron chi connectivity index (χ1n) is 7.37. The van der Waals surface area contributed by atoms with Crippen LogP contribution in [0.2, 0.25) is 5.02 Å². The lowest BCUT2D eigenvalue weighted by molar-refractivity contribution is 0.275. The Morgan fingerprint density at radius 1 is 1.37 bits per heavy atom. The van der Waals surface area contributed by atoms with Crippen LogP contribution in [0.25, 0.3) is 0 Å². The summed E-state index contributed by atoms with van der Waals surface area (Å²) >= 11 is 6.52. The molecule has 0 aromatic heterocycles. The fourth-order valence-corrected chi connectivity index (χ4v) is 3.68. The third-order valence-corrected chi connectivity index (χ3v) is 4.90. The smallest absolute Gasteiger partial charge is 0.0444 e. The summed E-state index contributed by atoms with van der Waals surface area (Å²) in [6, 6.07) is 2.58. The van der Waals surface area contributed by atoms with E-state index in [2.05, 4.69) is 46.0 Å². The molecular formula is C17H26ClN. The van der Waals surface area contributed by atoms with Crippen molar-refractivity contribution in [3.63, 3.8) is 0 Å². The summed E-state index contributed by atoms with van der Waals surface area (Å²) < 4.78 is 0. The molecule has 1 N–H and O–H groups in total. The Hall–Kier alpha value is -0.530. The van der Waals surface area contributed by atoms with E-state index in [1.54, 1.807) is 0 Å². The predicted octanol–water partition coefficient (Wildman–Crippen LogP) is 4.97. The van der Waals surface area contributed by atoms with Gasteiger partial charge in [-0.1, -0.05) is 32.4 Å². The van der Waals surface area contributed by atoms with Gasteiger partial charge in [0.05, 0.1) is 0 Å². The maximum Gasteiger partial charge on any atom is 0.0444 e. The van der Waals surface area contributed by atoms with E-state index in [0.717, 1.165) is 18.0 Å². The van der Waals surface area contributed by atoms with Gasteiger partial charge in [0.25, 0.3) is 0 Å². The fourth-order valence-electron chi connectivity index (χ4n) is 3.32. The van der Waals surface area contributed by atoms with E-state index in [-0.39, 0.29) is 0 Å². The van der Waals surface area contributed by atoms with E-state index in [9.17, 15) is 0 Å². The van der Waals surface area contributed by atoms with Gasteiger partial charge in [0.15, 0.2) is 0 Å². The SMILES string of the molecule is CCNC1CC(C)(C)CCc2c(Cl)cc(C)c(C)c21. The van der Waals surface area contributed by atoms with Crippen LogP contribution in [0.3, 0.4) is 0 Å². The van der Waals surface area contributed by atoms with Gasteiger partial charge in [-0.3, -0.25) is 0 Å². The summed E-state index contributed by atoms with van der Waals surface area (Å²) in [5.74, 6) is 0. The predicted molar refractivity (Wildman–Crippen MR) is 84.1 cm³/mol. The summed E-state index contributed by atoms with van der Waals surface area (Å²) in [5, 5.41) is 4.63. The molecule has 0 radical (unpaired) electrons. The first-order chi connectivity index (χ1) is 8.85. The molecule has 1 nitrogen and oxygen atoms in total. The van der Waals surface area contributed by atoms with E-state index in [0.29, 0.717) is 11.5 Å². The first kappa shape index (κ1) is 14.9. The summed E-state index contributed by atoms with van der Waals surface area (Å²) in [7, 11) is 0. The molecule has 1 aliphatic carbocycles. The Labute approximate surface area is 122 Å². The Kier molecular flexibility index (Phi) is 4.27. The van der Waals surface area contributed by atoms with Crippen LogP contribution in [0.15, 0.2) is 6.07 Å². The Morgan fingerprint density at radius 3 is 2.68 bits per heavy atom. The minimum Gasteiger partial charge on any atom is -0.310 e. The molecule has 19 heavy (non-hydrogen) atoms. The van der Waals surface area contributed by atoms with Gasteiger partial charge in [0, 0.05) is 11.1 Å². The average molecular weight is 280 g/mol. The van der Waals surface area contributed by atoms with Gasteiger partial charge < -0.3 is 5.32 Å². The maximum atomic E-state index is 6.52. The fraction of sp³-hybridized carbons (Fsp3) is 0.647. The maximum absolute atomic E-state index is 6.52. The zero-order chi connectivity index (χ0) is 14.2. The van der Waals surface area contributed by atoms with Crippen LogP contribution in [0.5, 0.6) is 0 Å². The van der Waals surface area contributed by atoms with Crippen molar-refractivity contribution in [1.82, 2.24) is 5.32 Å². The monoisotopic (exact) mass is 279 g/mol. The van der Waals surface area contributed by atoms with Gasteiger partial charge in [-0.25, -0.2) is 0 Å². The van der Waals surface area contributed by atoms with E-state index >= 15 is 0 Å². The molecule has 1 aromatic rings. The number of hydrogen-bond donors (Lipinski definition) is 1. The zero-order valence-corrected chi connectivity index (χ0v) is 13.6. The molecule has 2 rings (SSSR count). The van der Waals surface area contributed by atoms with Crippen LogP contribution in [-0.2, 0) is 6.42 Å². The minimum absolute atomic E-state index is 0.371. The second-order valence-electron chi connectivity index (χ2n) is 6.67. The Balaban J connectivity index is 2.57. The van der Waals surface area contributed by atoms with E-state index in [4.69, 9.17) is 11.6 Å². The van der Waals surface area contributed by atoms with Gasteiger partial charge in [-0.2, -0.15) is 0 Å². The van der Waals surface area contributed by atoms with Crippen molar-refractivity contribution < 1.29 is 0 Å². The highest BCUT2D eigenvalue weighted by Crippen LogP contribution is 2.43. The second-order valence-corrected chi connectivity index (χ2v) is 7.08. The number of nitrogens with one attached hydrogen (secondary N) is 1. The molecule has 0 spiro atoms. The van der Waals surface area contributed by atoms with Crippen molar-refractivity contribution >= 4 is 11.6 Å². The van der Waals surface area contributed by atoms with Crippen LogP contribution in [0.4, 0.5) is 0 Å². The van der Waals surface area contributed by atoms with Crippen LogP contribution in [-0.4, -0.2) is 6.54 Å². The van der Waals surface area contributed by atoms with Crippen LogP contribution in [0.1, 0.15) is 61.9 Å². The highest BCUT2D eigenvalue weighted by molar-refractivity contribution is 6.31. The molecule has 1 aliphatic rings. The van der Waals surface area contributed by atoms with Crippen molar-refractivity contribution in [2.24, 2.45) is 5.41 Å². The molecule has 0 bridgehead atoms. The lowest BCUT2D eigenvalue weighted by atomic mass is 9.82. The normalized spacial score (nSPS) is 21.9. The molecule has 1 atom stereocenters. The van der Waals surface area contributed by atoms with Crippen LogP contribution in [0, 0.1) is 19.3 Å². The van der Waals surface area contributed by atoms with Gasteiger partial charge in [0.2, 0.25) is 0 Å². The van der Waals surface area contributed by atoms with E-state index in [1.807, 2.05) is 0 Å².